The Hall–Kier alpha value is -4.00. The smallest absolute Gasteiger partial charge is 0.433 e. The van der Waals surface area contributed by atoms with Gasteiger partial charge in [-0.15, -0.1) is 0 Å². The molecule has 0 spiro atoms. The Morgan fingerprint density at radius 2 is 1.87 bits per heavy atom. The zero-order valence-corrected chi connectivity index (χ0v) is 16.5. The van der Waals surface area contributed by atoms with E-state index in [0.29, 0.717) is 5.69 Å². The van der Waals surface area contributed by atoms with E-state index in [1.165, 1.54) is 62.9 Å². The summed E-state index contributed by atoms with van der Waals surface area (Å²) in [6.07, 6.45) is 1.29. The number of nitrogens with zero attached hydrogens (tertiary/aromatic N) is 4. The quantitative estimate of drug-likeness (QED) is 0.320. The van der Waals surface area contributed by atoms with Crippen LogP contribution in [0.5, 0.6) is 11.9 Å². The highest BCUT2D eigenvalue weighted by Crippen LogP contribution is 2.22. The number of nitrogens with one attached hydrogen (secondary N) is 1. The van der Waals surface area contributed by atoms with E-state index in [2.05, 4.69) is 19.7 Å². The minimum atomic E-state index is -3.95. The summed E-state index contributed by atoms with van der Waals surface area (Å²) in [4.78, 5) is 21.8. The number of hydrogen-bond acceptors (Lipinski definition) is 10. The predicted octanol–water partition coefficient (Wildman–Crippen LogP) is 2.55. The standard InChI is InChI=1S/C17H15N5O7S/c1-27-15-9-14(19-17(20-15)28-2)21-30(25,26)13-6-3-11(4-7-13)18-10-12-5-8-16(29-12)22(23)24/h3-10H,1-2H3,(H,19,20,21). The number of anilines is 1. The molecule has 0 aliphatic heterocycles. The number of ether oxygens (including phenoxy) is 2. The summed E-state index contributed by atoms with van der Waals surface area (Å²) < 4.78 is 42.4. The predicted molar refractivity (Wildman–Crippen MR) is 105 cm³/mol. The van der Waals surface area contributed by atoms with Crippen LogP contribution in [0.25, 0.3) is 0 Å². The number of benzene rings is 1. The average molecular weight is 433 g/mol. The second kappa shape index (κ2) is 8.57. The molecule has 156 valence electrons. The van der Waals surface area contributed by atoms with Gasteiger partial charge in [0.2, 0.25) is 5.88 Å². The first-order valence-corrected chi connectivity index (χ1v) is 9.67. The highest BCUT2D eigenvalue weighted by atomic mass is 32.2. The van der Waals surface area contributed by atoms with Crippen LogP contribution in [0.15, 0.2) is 56.8 Å². The van der Waals surface area contributed by atoms with E-state index in [1.807, 2.05) is 0 Å². The van der Waals surface area contributed by atoms with Crippen LogP contribution in [0.4, 0.5) is 17.4 Å². The zero-order chi connectivity index (χ0) is 21.7. The third-order valence-electron chi connectivity index (χ3n) is 3.59. The molecule has 13 heteroatoms. The maximum Gasteiger partial charge on any atom is 0.433 e. The number of aromatic nitrogens is 2. The molecule has 0 bridgehead atoms. The van der Waals surface area contributed by atoms with Crippen LogP contribution in [0, 0.1) is 10.1 Å². The van der Waals surface area contributed by atoms with Gasteiger partial charge in [0.1, 0.15) is 4.92 Å². The first kappa shape index (κ1) is 20.7. The van der Waals surface area contributed by atoms with E-state index in [0.717, 1.165) is 0 Å². The van der Waals surface area contributed by atoms with Crippen LogP contribution in [-0.4, -0.2) is 43.7 Å². The number of aliphatic imine (C=N–C) groups is 1. The Morgan fingerprint density at radius 1 is 1.13 bits per heavy atom. The zero-order valence-electron chi connectivity index (χ0n) is 15.7. The molecule has 2 aromatic heterocycles. The van der Waals surface area contributed by atoms with E-state index in [4.69, 9.17) is 13.9 Å². The highest BCUT2D eigenvalue weighted by molar-refractivity contribution is 7.92. The molecule has 0 fully saturated rings. The van der Waals surface area contributed by atoms with Crippen molar-refractivity contribution in [3.8, 4) is 11.9 Å². The van der Waals surface area contributed by atoms with Crippen LogP contribution in [0.3, 0.4) is 0 Å². The number of nitro groups is 1. The number of methoxy groups -OCH3 is 2. The monoisotopic (exact) mass is 433 g/mol. The molecular formula is C17H15N5O7S. The van der Waals surface area contributed by atoms with Gasteiger partial charge in [-0.05, 0) is 30.3 Å². The fraction of sp³-hybridized carbons (Fsp3) is 0.118. The summed E-state index contributed by atoms with van der Waals surface area (Å²) in [5, 5.41) is 10.6. The molecule has 30 heavy (non-hydrogen) atoms. The van der Waals surface area contributed by atoms with Crippen molar-refractivity contribution in [1.82, 2.24) is 9.97 Å². The summed E-state index contributed by atoms with van der Waals surface area (Å²) in [6.45, 7) is 0. The van der Waals surface area contributed by atoms with Gasteiger partial charge in [-0.3, -0.25) is 19.8 Å². The molecule has 1 aromatic carbocycles. The molecule has 0 saturated carbocycles. The first-order valence-electron chi connectivity index (χ1n) is 8.19. The van der Waals surface area contributed by atoms with Crippen molar-refractivity contribution in [2.75, 3.05) is 18.9 Å². The van der Waals surface area contributed by atoms with Crippen LogP contribution < -0.4 is 14.2 Å². The van der Waals surface area contributed by atoms with Crippen molar-refractivity contribution in [2.24, 2.45) is 4.99 Å². The summed E-state index contributed by atoms with van der Waals surface area (Å²) in [5.41, 5.74) is 0.415. The Labute approximate surface area is 170 Å². The molecule has 0 amide bonds. The maximum atomic E-state index is 12.6. The number of furan rings is 1. The lowest BCUT2D eigenvalue weighted by Gasteiger charge is -2.09. The fourth-order valence-corrected chi connectivity index (χ4v) is 3.20. The van der Waals surface area contributed by atoms with Gasteiger partial charge in [-0.2, -0.15) is 9.97 Å². The Morgan fingerprint density at radius 3 is 2.47 bits per heavy atom. The van der Waals surface area contributed by atoms with Gasteiger partial charge in [0.25, 0.3) is 10.0 Å². The first-order chi connectivity index (χ1) is 14.3. The molecule has 0 unspecified atom stereocenters. The van der Waals surface area contributed by atoms with Crippen molar-refractivity contribution < 1.29 is 27.2 Å². The molecule has 2 heterocycles. The minimum Gasteiger partial charge on any atom is -0.481 e. The molecule has 0 aliphatic carbocycles. The average Bonchev–Trinajstić information content (AvgIpc) is 3.21. The second-order valence-corrected chi connectivity index (χ2v) is 7.26. The summed E-state index contributed by atoms with van der Waals surface area (Å²) in [6, 6.07) is 9.46. The Balaban J connectivity index is 1.76. The van der Waals surface area contributed by atoms with E-state index in [1.54, 1.807) is 0 Å². The highest BCUT2D eigenvalue weighted by Gasteiger charge is 2.17. The molecule has 0 aliphatic rings. The van der Waals surface area contributed by atoms with Gasteiger partial charge in [-0.25, -0.2) is 8.42 Å². The normalized spacial score (nSPS) is 11.4. The second-order valence-electron chi connectivity index (χ2n) is 5.57. The van der Waals surface area contributed by atoms with Gasteiger partial charge >= 0.3 is 11.9 Å². The third-order valence-corrected chi connectivity index (χ3v) is 4.96. The maximum absolute atomic E-state index is 12.6. The minimum absolute atomic E-state index is 0.0276. The van der Waals surface area contributed by atoms with Crippen molar-refractivity contribution in [1.29, 1.82) is 0 Å². The molecule has 3 rings (SSSR count). The van der Waals surface area contributed by atoms with Crippen LogP contribution >= 0.6 is 0 Å². The molecule has 0 atom stereocenters. The van der Waals surface area contributed by atoms with Crippen molar-refractivity contribution in [3.05, 3.63) is 58.3 Å². The van der Waals surface area contributed by atoms with Gasteiger partial charge in [0.15, 0.2) is 11.6 Å². The van der Waals surface area contributed by atoms with E-state index < -0.39 is 20.8 Å². The van der Waals surface area contributed by atoms with Gasteiger partial charge in [0, 0.05) is 6.07 Å². The SMILES string of the molecule is COc1cc(NS(=O)(=O)c2ccc(N=Cc3ccc([N+](=O)[O-])o3)cc2)nc(OC)n1. The lowest BCUT2D eigenvalue weighted by atomic mass is 10.3. The number of rotatable bonds is 8. The topological polar surface area (TPSA) is 159 Å². The van der Waals surface area contributed by atoms with E-state index >= 15 is 0 Å². The van der Waals surface area contributed by atoms with Gasteiger partial charge in [0.05, 0.1) is 37.1 Å². The summed E-state index contributed by atoms with van der Waals surface area (Å²) >= 11 is 0. The third kappa shape index (κ3) is 4.88. The van der Waals surface area contributed by atoms with Crippen LogP contribution in [0.1, 0.15) is 5.76 Å². The van der Waals surface area contributed by atoms with Gasteiger partial charge < -0.3 is 13.9 Å². The summed E-state index contributed by atoms with van der Waals surface area (Å²) in [5.74, 6) is -0.115. The van der Waals surface area contributed by atoms with Gasteiger partial charge in [-0.1, -0.05) is 0 Å². The largest absolute Gasteiger partial charge is 0.481 e. The number of sulfonamides is 1. The molecule has 0 saturated heterocycles. The van der Waals surface area contributed by atoms with Crippen LogP contribution in [0.2, 0.25) is 0 Å². The molecule has 3 aromatic rings. The lowest BCUT2D eigenvalue weighted by Crippen LogP contribution is -2.14. The lowest BCUT2D eigenvalue weighted by molar-refractivity contribution is -0.402. The van der Waals surface area contributed by atoms with Crippen molar-refractivity contribution in [3.63, 3.8) is 0 Å². The number of hydrogen-bond donors (Lipinski definition) is 1. The van der Waals surface area contributed by atoms with Crippen molar-refractivity contribution >= 4 is 33.6 Å². The Bertz CT molecular complexity index is 1170. The van der Waals surface area contributed by atoms with Crippen molar-refractivity contribution in [2.45, 2.75) is 4.90 Å². The molecular weight excluding hydrogens is 418 g/mol. The Kier molecular flexibility index (Phi) is 5.92. The molecule has 1 N–H and O–H groups in total. The van der Waals surface area contributed by atoms with E-state index in [-0.39, 0.29) is 28.4 Å². The molecule has 0 radical (unpaired) electrons. The summed E-state index contributed by atoms with van der Waals surface area (Å²) in [7, 11) is -1.23. The fourth-order valence-electron chi connectivity index (χ4n) is 2.21. The van der Waals surface area contributed by atoms with E-state index in [9.17, 15) is 18.5 Å². The van der Waals surface area contributed by atoms with Crippen LogP contribution in [-0.2, 0) is 10.0 Å². The molecule has 12 nitrogen and oxygen atoms in total.